The average molecular weight is 325 g/mol. The van der Waals surface area contributed by atoms with Crippen molar-refractivity contribution in [3.05, 3.63) is 23.8 Å². The third-order valence-electron chi connectivity index (χ3n) is 3.43. The van der Waals surface area contributed by atoms with Gasteiger partial charge in [0.15, 0.2) is 17.7 Å². The van der Waals surface area contributed by atoms with E-state index in [1.54, 1.807) is 12.1 Å². The van der Waals surface area contributed by atoms with Gasteiger partial charge in [0.05, 0.1) is 14.2 Å². The minimum Gasteiger partial charge on any atom is -0.493 e. The van der Waals surface area contributed by atoms with E-state index in [9.17, 15) is 9.90 Å². The first-order chi connectivity index (χ1) is 10.9. The Bertz CT molecular complexity index is 504. The molecule has 0 heterocycles. The van der Waals surface area contributed by atoms with Crippen LogP contribution in [0.2, 0.25) is 0 Å². The van der Waals surface area contributed by atoms with Crippen molar-refractivity contribution in [2.75, 3.05) is 14.2 Å². The Kier molecular flexibility index (Phi) is 7.85. The summed E-state index contributed by atoms with van der Waals surface area (Å²) in [6.07, 6.45) is -0.177. The highest BCUT2D eigenvalue weighted by molar-refractivity contribution is 5.69. The molecule has 2 atom stereocenters. The second-order valence-electron chi connectivity index (χ2n) is 5.84. The first-order valence-electron chi connectivity index (χ1n) is 7.71. The Balaban J connectivity index is 2.74. The molecule has 0 aromatic heterocycles. The van der Waals surface area contributed by atoms with Crippen LogP contribution in [0.15, 0.2) is 18.2 Å². The second-order valence-corrected chi connectivity index (χ2v) is 5.84. The summed E-state index contributed by atoms with van der Waals surface area (Å²) < 4.78 is 15.5. The number of carbonyl (C=O) groups excluding carboxylic acids is 1. The molecule has 0 aliphatic rings. The number of rotatable bonds is 9. The Morgan fingerprint density at radius 2 is 1.96 bits per heavy atom. The molecule has 0 aliphatic carbocycles. The maximum Gasteiger partial charge on any atom is 0.305 e. The number of aryl methyl sites for hydroxylation is 1. The van der Waals surface area contributed by atoms with Crippen molar-refractivity contribution in [1.29, 1.82) is 0 Å². The van der Waals surface area contributed by atoms with Gasteiger partial charge >= 0.3 is 5.97 Å². The second kappa shape index (κ2) is 9.37. The fourth-order valence-electron chi connectivity index (χ4n) is 2.16. The van der Waals surface area contributed by atoms with E-state index in [0.29, 0.717) is 36.7 Å². The predicted molar refractivity (Wildman–Crippen MR) is 87.4 cm³/mol. The lowest BCUT2D eigenvalue weighted by Gasteiger charge is -2.22. The summed E-state index contributed by atoms with van der Waals surface area (Å²) in [6.45, 7) is 4.01. The van der Waals surface area contributed by atoms with Crippen molar-refractivity contribution in [3.8, 4) is 11.5 Å². The normalized spacial score (nSPS) is 13.5. The standard InChI is InChI=1S/C17H27NO5/c1-11(2)9-13(19)17(18)23-14-7-5-12(10-15(14)21-3)6-8-16(20)22-4/h5,7,10-11,13,17,19H,6,8-9,18H2,1-4H3. The third kappa shape index (κ3) is 6.46. The van der Waals surface area contributed by atoms with E-state index < -0.39 is 12.3 Å². The minimum atomic E-state index is -0.827. The van der Waals surface area contributed by atoms with E-state index in [1.807, 2.05) is 19.9 Å². The molecule has 2 unspecified atom stereocenters. The highest BCUT2D eigenvalue weighted by Crippen LogP contribution is 2.29. The molecule has 0 aliphatic heterocycles. The van der Waals surface area contributed by atoms with Crippen molar-refractivity contribution < 1.29 is 24.1 Å². The maximum atomic E-state index is 11.2. The molecule has 0 saturated heterocycles. The Hall–Kier alpha value is -1.79. The van der Waals surface area contributed by atoms with Crippen LogP contribution in [0, 0.1) is 5.92 Å². The first kappa shape index (κ1) is 19.3. The zero-order chi connectivity index (χ0) is 17.4. The number of ether oxygens (including phenoxy) is 3. The van der Waals surface area contributed by atoms with Crippen LogP contribution >= 0.6 is 0 Å². The Morgan fingerprint density at radius 1 is 1.26 bits per heavy atom. The van der Waals surface area contributed by atoms with Gasteiger partial charge in [0.25, 0.3) is 0 Å². The van der Waals surface area contributed by atoms with Gasteiger partial charge in [-0.25, -0.2) is 0 Å². The molecule has 6 heteroatoms. The predicted octanol–water partition coefficient (Wildman–Crippen LogP) is 1.87. The Morgan fingerprint density at radius 3 is 2.52 bits per heavy atom. The van der Waals surface area contributed by atoms with Crippen molar-refractivity contribution in [2.24, 2.45) is 11.7 Å². The quantitative estimate of drug-likeness (QED) is 0.532. The molecule has 0 spiro atoms. The van der Waals surface area contributed by atoms with E-state index in [1.165, 1.54) is 14.2 Å². The molecule has 1 aromatic rings. The number of methoxy groups -OCH3 is 2. The van der Waals surface area contributed by atoms with Gasteiger partial charge in [0, 0.05) is 6.42 Å². The molecular formula is C17H27NO5. The van der Waals surface area contributed by atoms with Gasteiger partial charge in [-0.1, -0.05) is 19.9 Å². The molecule has 0 fully saturated rings. The highest BCUT2D eigenvalue weighted by atomic mass is 16.5. The topological polar surface area (TPSA) is 91.0 Å². The third-order valence-corrected chi connectivity index (χ3v) is 3.43. The van der Waals surface area contributed by atoms with E-state index in [2.05, 4.69) is 4.74 Å². The van der Waals surface area contributed by atoms with Gasteiger partial charge in [-0.2, -0.15) is 0 Å². The van der Waals surface area contributed by atoms with Crippen LogP contribution in [0.4, 0.5) is 0 Å². The molecule has 6 nitrogen and oxygen atoms in total. The van der Waals surface area contributed by atoms with Crippen molar-refractivity contribution in [1.82, 2.24) is 0 Å². The fraction of sp³-hybridized carbons (Fsp3) is 0.588. The lowest BCUT2D eigenvalue weighted by Crippen LogP contribution is -2.40. The zero-order valence-electron chi connectivity index (χ0n) is 14.2. The molecule has 23 heavy (non-hydrogen) atoms. The van der Waals surface area contributed by atoms with Gasteiger partial charge < -0.3 is 19.3 Å². The van der Waals surface area contributed by atoms with Gasteiger partial charge in [-0.3, -0.25) is 10.5 Å². The molecule has 0 saturated carbocycles. The molecule has 0 amide bonds. The number of carbonyl (C=O) groups is 1. The van der Waals surface area contributed by atoms with Crippen LogP contribution in [0.5, 0.6) is 11.5 Å². The first-order valence-corrected chi connectivity index (χ1v) is 7.71. The summed E-state index contributed by atoms with van der Waals surface area (Å²) in [7, 11) is 2.89. The number of hydrogen-bond acceptors (Lipinski definition) is 6. The van der Waals surface area contributed by atoms with E-state index in [0.717, 1.165) is 5.56 Å². The number of nitrogens with two attached hydrogens (primary N) is 1. The summed E-state index contributed by atoms with van der Waals surface area (Å²) >= 11 is 0. The van der Waals surface area contributed by atoms with Crippen LogP contribution in [0.3, 0.4) is 0 Å². The monoisotopic (exact) mass is 325 g/mol. The lowest BCUT2D eigenvalue weighted by atomic mass is 10.1. The summed E-state index contributed by atoms with van der Waals surface area (Å²) in [5.74, 6) is 1.04. The highest BCUT2D eigenvalue weighted by Gasteiger charge is 2.19. The molecule has 1 rings (SSSR count). The van der Waals surface area contributed by atoms with Crippen LogP contribution in [0.1, 0.15) is 32.3 Å². The molecule has 130 valence electrons. The number of aliphatic hydroxyl groups excluding tert-OH is 1. The number of aliphatic hydroxyl groups is 1. The van der Waals surface area contributed by atoms with Crippen LogP contribution in [-0.2, 0) is 16.0 Å². The maximum absolute atomic E-state index is 11.2. The Labute approximate surface area is 137 Å². The molecular weight excluding hydrogens is 298 g/mol. The van der Waals surface area contributed by atoms with Gasteiger partial charge in [0.2, 0.25) is 0 Å². The molecule has 0 bridgehead atoms. The van der Waals surface area contributed by atoms with Crippen molar-refractivity contribution in [2.45, 2.75) is 45.4 Å². The SMILES string of the molecule is COC(=O)CCc1ccc(OC(N)C(O)CC(C)C)c(OC)c1. The molecule has 0 radical (unpaired) electrons. The summed E-state index contributed by atoms with van der Waals surface area (Å²) in [5.41, 5.74) is 6.81. The van der Waals surface area contributed by atoms with Crippen LogP contribution in [-0.4, -0.2) is 37.6 Å². The largest absolute Gasteiger partial charge is 0.493 e. The smallest absolute Gasteiger partial charge is 0.305 e. The van der Waals surface area contributed by atoms with Gasteiger partial charge in [-0.05, 0) is 36.5 Å². The molecule has 3 N–H and O–H groups in total. The van der Waals surface area contributed by atoms with Crippen molar-refractivity contribution in [3.63, 3.8) is 0 Å². The average Bonchev–Trinajstić information content (AvgIpc) is 2.52. The van der Waals surface area contributed by atoms with E-state index in [4.69, 9.17) is 15.2 Å². The lowest BCUT2D eigenvalue weighted by molar-refractivity contribution is -0.140. The summed E-state index contributed by atoms with van der Waals surface area (Å²) in [6, 6.07) is 5.36. The van der Waals surface area contributed by atoms with Crippen LogP contribution in [0.25, 0.3) is 0 Å². The van der Waals surface area contributed by atoms with E-state index in [-0.39, 0.29) is 5.97 Å². The van der Waals surface area contributed by atoms with Crippen molar-refractivity contribution >= 4 is 5.97 Å². The minimum absolute atomic E-state index is 0.261. The molecule has 1 aromatic carbocycles. The summed E-state index contributed by atoms with van der Waals surface area (Å²) in [5, 5.41) is 10.00. The van der Waals surface area contributed by atoms with E-state index >= 15 is 0 Å². The number of benzene rings is 1. The fourth-order valence-corrected chi connectivity index (χ4v) is 2.16. The zero-order valence-corrected chi connectivity index (χ0v) is 14.2. The number of hydrogen-bond donors (Lipinski definition) is 2. The summed E-state index contributed by atoms with van der Waals surface area (Å²) in [4.78, 5) is 11.2. The van der Waals surface area contributed by atoms with Gasteiger partial charge in [0.1, 0.15) is 6.10 Å². The van der Waals surface area contributed by atoms with Crippen LogP contribution < -0.4 is 15.2 Å². The number of esters is 1. The van der Waals surface area contributed by atoms with Gasteiger partial charge in [-0.15, -0.1) is 0 Å².